The Hall–Kier alpha value is -0.340. The van der Waals surface area contributed by atoms with Crippen LogP contribution in [-0.2, 0) is 6.42 Å². The lowest BCUT2D eigenvalue weighted by atomic mass is 10.0. The van der Waals surface area contributed by atoms with Gasteiger partial charge in [-0.3, -0.25) is 0 Å². The monoisotopic (exact) mass is 167 g/mol. The lowest BCUT2D eigenvalue weighted by molar-refractivity contribution is 0.454. The first-order valence-electron chi connectivity index (χ1n) is 4.19. The fourth-order valence-corrected chi connectivity index (χ4v) is 2.35. The SMILES string of the molecule is CCc1ccc(C2CNC2)s1. The summed E-state index contributed by atoms with van der Waals surface area (Å²) in [5.41, 5.74) is 0. The van der Waals surface area contributed by atoms with E-state index in [-0.39, 0.29) is 0 Å². The molecule has 0 saturated carbocycles. The lowest BCUT2D eigenvalue weighted by Crippen LogP contribution is -2.39. The summed E-state index contributed by atoms with van der Waals surface area (Å²) in [6.45, 7) is 4.59. The zero-order chi connectivity index (χ0) is 7.68. The molecule has 1 fully saturated rings. The fourth-order valence-electron chi connectivity index (χ4n) is 1.29. The molecule has 2 heterocycles. The molecule has 60 valence electrons. The maximum atomic E-state index is 3.29. The van der Waals surface area contributed by atoms with Crippen LogP contribution in [0.1, 0.15) is 22.6 Å². The molecule has 0 aromatic carbocycles. The molecular weight excluding hydrogens is 154 g/mol. The molecule has 0 unspecified atom stereocenters. The van der Waals surface area contributed by atoms with Crippen LogP contribution in [0.5, 0.6) is 0 Å². The van der Waals surface area contributed by atoms with Crippen molar-refractivity contribution in [3.63, 3.8) is 0 Å². The van der Waals surface area contributed by atoms with Gasteiger partial charge in [-0.15, -0.1) is 11.3 Å². The third-order valence-electron chi connectivity index (χ3n) is 2.21. The van der Waals surface area contributed by atoms with E-state index in [0.717, 1.165) is 5.92 Å². The van der Waals surface area contributed by atoms with Crippen LogP contribution >= 0.6 is 11.3 Å². The van der Waals surface area contributed by atoms with Crippen molar-refractivity contribution in [2.24, 2.45) is 0 Å². The highest BCUT2D eigenvalue weighted by Gasteiger charge is 2.19. The van der Waals surface area contributed by atoms with E-state index in [1.54, 1.807) is 4.88 Å². The molecule has 0 spiro atoms. The minimum Gasteiger partial charge on any atom is -0.315 e. The minimum atomic E-state index is 0.820. The summed E-state index contributed by atoms with van der Waals surface area (Å²) in [6, 6.07) is 4.55. The molecule has 2 heteroatoms. The lowest BCUT2D eigenvalue weighted by Gasteiger charge is -2.25. The second kappa shape index (κ2) is 2.95. The third kappa shape index (κ3) is 1.33. The largest absolute Gasteiger partial charge is 0.315 e. The van der Waals surface area contributed by atoms with Crippen LogP contribution in [0.25, 0.3) is 0 Å². The standard InChI is InChI=1S/C9H13NS/c1-2-8-3-4-9(11-8)7-5-10-6-7/h3-4,7,10H,2,5-6H2,1H3. The molecule has 0 atom stereocenters. The first-order valence-corrected chi connectivity index (χ1v) is 5.01. The highest BCUT2D eigenvalue weighted by molar-refractivity contribution is 7.12. The number of hydrogen-bond donors (Lipinski definition) is 1. The van der Waals surface area contributed by atoms with Crippen molar-refractivity contribution in [3.05, 3.63) is 21.9 Å². The summed E-state index contributed by atoms with van der Waals surface area (Å²) >= 11 is 1.98. The summed E-state index contributed by atoms with van der Waals surface area (Å²) in [6.07, 6.45) is 1.19. The number of thiophene rings is 1. The van der Waals surface area contributed by atoms with Gasteiger partial charge in [-0.2, -0.15) is 0 Å². The smallest absolute Gasteiger partial charge is 0.0183 e. The van der Waals surface area contributed by atoms with Crippen LogP contribution in [0.15, 0.2) is 12.1 Å². The maximum Gasteiger partial charge on any atom is 0.0183 e. The van der Waals surface area contributed by atoms with Crippen molar-refractivity contribution in [3.8, 4) is 0 Å². The van der Waals surface area contributed by atoms with Crippen LogP contribution < -0.4 is 5.32 Å². The average Bonchev–Trinajstić information content (AvgIpc) is 2.32. The number of hydrogen-bond acceptors (Lipinski definition) is 2. The third-order valence-corrected chi connectivity index (χ3v) is 3.61. The molecule has 1 saturated heterocycles. The Morgan fingerprint density at radius 1 is 1.55 bits per heavy atom. The van der Waals surface area contributed by atoms with Gasteiger partial charge in [0, 0.05) is 28.8 Å². The molecule has 11 heavy (non-hydrogen) atoms. The molecule has 2 rings (SSSR count). The topological polar surface area (TPSA) is 12.0 Å². The first-order chi connectivity index (χ1) is 5.40. The Labute approximate surface area is 71.4 Å². The van der Waals surface area contributed by atoms with Crippen molar-refractivity contribution < 1.29 is 0 Å². The maximum absolute atomic E-state index is 3.29. The van der Waals surface area contributed by atoms with Crippen LogP contribution in [-0.4, -0.2) is 13.1 Å². The van der Waals surface area contributed by atoms with Gasteiger partial charge in [0.05, 0.1) is 0 Å². The van der Waals surface area contributed by atoms with Crippen LogP contribution in [0.2, 0.25) is 0 Å². The first kappa shape index (κ1) is 7.32. The van der Waals surface area contributed by atoms with Gasteiger partial charge in [0.15, 0.2) is 0 Å². The van der Waals surface area contributed by atoms with E-state index in [1.807, 2.05) is 11.3 Å². The molecule has 1 aromatic rings. The molecule has 1 nitrogen and oxygen atoms in total. The van der Waals surface area contributed by atoms with Crippen molar-refractivity contribution in [2.75, 3.05) is 13.1 Å². The summed E-state index contributed by atoms with van der Waals surface area (Å²) in [5.74, 6) is 0.820. The molecule has 1 aliphatic heterocycles. The predicted octanol–water partition coefficient (Wildman–Crippen LogP) is 2.00. The Balaban J connectivity index is 2.11. The van der Waals surface area contributed by atoms with E-state index in [9.17, 15) is 0 Å². The quantitative estimate of drug-likeness (QED) is 0.710. The van der Waals surface area contributed by atoms with Gasteiger partial charge in [0.25, 0.3) is 0 Å². The highest BCUT2D eigenvalue weighted by Crippen LogP contribution is 2.27. The minimum absolute atomic E-state index is 0.820. The number of aryl methyl sites for hydroxylation is 1. The number of rotatable bonds is 2. The zero-order valence-corrected chi connectivity index (χ0v) is 7.58. The Morgan fingerprint density at radius 3 is 2.82 bits per heavy atom. The normalized spacial score (nSPS) is 18.3. The summed E-state index contributed by atoms with van der Waals surface area (Å²) in [4.78, 5) is 3.09. The molecule has 1 aromatic heterocycles. The number of nitrogens with one attached hydrogen (secondary N) is 1. The van der Waals surface area contributed by atoms with Crippen molar-refractivity contribution >= 4 is 11.3 Å². The summed E-state index contributed by atoms with van der Waals surface area (Å²) in [7, 11) is 0. The van der Waals surface area contributed by atoms with Gasteiger partial charge in [-0.25, -0.2) is 0 Å². The fraction of sp³-hybridized carbons (Fsp3) is 0.556. The Bertz CT molecular complexity index is 237. The van der Waals surface area contributed by atoms with Gasteiger partial charge in [0.1, 0.15) is 0 Å². The second-order valence-corrected chi connectivity index (χ2v) is 4.21. The predicted molar refractivity (Wildman–Crippen MR) is 49.3 cm³/mol. The molecule has 0 radical (unpaired) electrons. The van der Waals surface area contributed by atoms with Gasteiger partial charge in [0.2, 0.25) is 0 Å². The van der Waals surface area contributed by atoms with Gasteiger partial charge < -0.3 is 5.32 Å². The molecule has 1 aliphatic rings. The van der Waals surface area contributed by atoms with E-state index in [2.05, 4.69) is 24.4 Å². The van der Waals surface area contributed by atoms with Crippen molar-refractivity contribution in [1.82, 2.24) is 5.32 Å². The summed E-state index contributed by atoms with van der Waals surface area (Å²) < 4.78 is 0. The molecule has 0 bridgehead atoms. The zero-order valence-electron chi connectivity index (χ0n) is 6.76. The highest BCUT2D eigenvalue weighted by atomic mass is 32.1. The molecule has 0 amide bonds. The van der Waals surface area contributed by atoms with Gasteiger partial charge in [-0.1, -0.05) is 6.92 Å². The molecule has 1 N–H and O–H groups in total. The summed E-state index contributed by atoms with van der Waals surface area (Å²) in [5, 5.41) is 3.29. The Morgan fingerprint density at radius 2 is 2.36 bits per heavy atom. The van der Waals surface area contributed by atoms with Gasteiger partial charge in [-0.05, 0) is 18.6 Å². The van der Waals surface area contributed by atoms with E-state index in [4.69, 9.17) is 0 Å². The van der Waals surface area contributed by atoms with Crippen molar-refractivity contribution in [1.29, 1.82) is 0 Å². The Kier molecular flexibility index (Phi) is 1.96. The van der Waals surface area contributed by atoms with Crippen LogP contribution in [0.3, 0.4) is 0 Å². The van der Waals surface area contributed by atoms with Crippen molar-refractivity contribution in [2.45, 2.75) is 19.3 Å². The van der Waals surface area contributed by atoms with Crippen LogP contribution in [0.4, 0.5) is 0 Å². The second-order valence-electron chi connectivity index (χ2n) is 3.01. The van der Waals surface area contributed by atoms with E-state index < -0.39 is 0 Å². The average molecular weight is 167 g/mol. The van der Waals surface area contributed by atoms with Crippen LogP contribution in [0, 0.1) is 0 Å². The molecule has 0 aliphatic carbocycles. The van der Waals surface area contributed by atoms with E-state index in [1.165, 1.54) is 24.4 Å². The van der Waals surface area contributed by atoms with Gasteiger partial charge >= 0.3 is 0 Å². The molecular formula is C9H13NS. The van der Waals surface area contributed by atoms with E-state index >= 15 is 0 Å². The van der Waals surface area contributed by atoms with E-state index in [0.29, 0.717) is 0 Å².